The highest BCUT2D eigenvalue weighted by molar-refractivity contribution is 5.76. The Morgan fingerprint density at radius 1 is 1.19 bits per heavy atom. The van der Waals surface area contributed by atoms with Gasteiger partial charge in [-0.05, 0) is 44.5 Å². The first kappa shape index (κ1) is 22.1. The van der Waals surface area contributed by atoms with Crippen molar-refractivity contribution in [3.63, 3.8) is 0 Å². The standard InChI is InChI=1S/C22H30N6O4/c1-25-20-19(21(30)26(2)22(25)31)28(15-24-20)12-6-9-18(29)23-14-16(17-8-7-13-32-17)27-10-4-3-5-11-27/h7-8,13,15-16H,3-6,9-12,14H2,1-2H3,(H,23,29). The zero-order valence-corrected chi connectivity index (χ0v) is 18.6. The third-order valence-electron chi connectivity index (χ3n) is 6.22. The summed E-state index contributed by atoms with van der Waals surface area (Å²) in [5.41, 5.74) is -0.0665. The van der Waals surface area contributed by atoms with Crippen LogP contribution in [-0.4, -0.2) is 49.1 Å². The highest BCUT2D eigenvalue weighted by Crippen LogP contribution is 2.24. The maximum Gasteiger partial charge on any atom is 0.332 e. The van der Waals surface area contributed by atoms with Crippen LogP contribution in [0.3, 0.4) is 0 Å². The number of nitrogens with one attached hydrogen (secondary N) is 1. The lowest BCUT2D eigenvalue weighted by molar-refractivity contribution is -0.121. The van der Waals surface area contributed by atoms with Gasteiger partial charge in [0.1, 0.15) is 5.76 Å². The first-order valence-corrected chi connectivity index (χ1v) is 11.1. The molecule has 1 N–H and O–H groups in total. The van der Waals surface area contributed by atoms with Gasteiger partial charge in [-0.15, -0.1) is 0 Å². The van der Waals surface area contributed by atoms with Crippen molar-refractivity contribution in [3.8, 4) is 0 Å². The van der Waals surface area contributed by atoms with E-state index in [0.717, 1.165) is 36.3 Å². The second kappa shape index (κ2) is 9.56. The normalized spacial score (nSPS) is 15.8. The molecule has 1 aliphatic rings. The van der Waals surface area contributed by atoms with Gasteiger partial charge in [0.15, 0.2) is 11.2 Å². The molecule has 32 heavy (non-hydrogen) atoms. The molecule has 0 radical (unpaired) electrons. The summed E-state index contributed by atoms with van der Waals surface area (Å²) in [5, 5.41) is 3.05. The first-order chi connectivity index (χ1) is 15.5. The Morgan fingerprint density at radius 2 is 1.97 bits per heavy atom. The number of likely N-dealkylation sites (tertiary alicyclic amines) is 1. The van der Waals surface area contributed by atoms with Crippen molar-refractivity contribution >= 4 is 17.1 Å². The molecular weight excluding hydrogens is 412 g/mol. The van der Waals surface area contributed by atoms with Crippen LogP contribution in [0.4, 0.5) is 0 Å². The molecule has 10 nitrogen and oxygen atoms in total. The molecule has 0 bridgehead atoms. The Balaban J connectivity index is 1.35. The second-order valence-electron chi connectivity index (χ2n) is 8.35. The minimum Gasteiger partial charge on any atom is -0.468 e. The number of hydrogen-bond acceptors (Lipinski definition) is 6. The van der Waals surface area contributed by atoms with E-state index in [1.54, 1.807) is 24.2 Å². The van der Waals surface area contributed by atoms with E-state index in [-0.39, 0.29) is 17.5 Å². The summed E-state index contributed by atoms with van der Waals surface area (Å²) in [6.07, 6.45) is 7.67. The van der Waals surface area contributed by atoms with Crippen LogP contribution in [0.5, 0.6) is 0 Å². The second-order valence-corrected chi connectivity index (χ2v) is 8.35. The van der Waals surface area contributed by atoms with Crippen LogP contribution in [0.1, 0.15) is 43.9 Å². The SMILES string of the molecule is Cn1c(=O)c2c(ncn2CCCC(=O)NCC(c2ccco2)N2CCCCC2)n(C)c1=O. The molecule has 1 amide bonds. The van der Waals surface area contributed by atoms with Gasteiger partial charge in [0.2, 0.25) is 5.91 Å². The molecule has 4 rings (SSSR count). The van der Waals surface area contributed by atoms with Crippen molar-refractivity contribution in [1.29, 1.82) is 0 Å². The summed E-state index contributed by atoms with van der Waals surface area (Å²) in [5.74, 6) is 0.835. The number of aromatic nitrogens is 4. The molecular formula is C22H30N6O4. The lowest BCUT2D eigenvalue weighted by Crippen LogP contribution is -2.40. The molecule has 0 aliphatic carbocycles. The van der Waals surface area contributed by atoms with E-state index in [1.807, 2.05) is 12.1 Å². The zero-order chi connectivity index (χ0) is 22.7. The van der Waals surface area contributed by atoms with Gasteiger partial charge in [0.05, 0.1) is 18.6 Å². The van der Waals surface area contributed by atoms with E-state index in [2.05, 4.69) is 15.2 Å². The Hall–Kier alpha value is -3.14. The van der Waals surface area contributed by atoms with Crippen LogP contribution in [0.2, 0.25) is 0 Å². The van der Waals surface area contributed by atoms with Gasteiger partial charge in [-0.3, -0.25) is 23.6 Å². The molecule has 4 heterocycles. The molecule has 172 valence electrons. The number of nitrogens with zero attached hydrogens (tertiary/aromatic N) is 5. The summed E-state index contributed by atoms with van der Waals surface area (Å²) in [4.78, 5) is 43.7. The van der Waals surface area contributed by atoms with E-state index in [0.29, 0.717) is 37.1 Å². The van der Waals surface area contributed by atoms with Gasteiger partial charge in [0, 0.05) is 33.6 Å². The number of furan rings is 1. The molecule has 0 saturated carbocycles. The number of carbonyl (C=O) groups is 1. The number of rotatable bonds is 8. The van der Waals surface area contributed by atoms with E-state index < -0.39 is 5.69 Å². The number of piperidine rings is 1. The summed E-state index contributed by atoms with van der Waals surface area (Å²) < 4.78 is 9.77. The van der Waals surface area contributed by atoms with Gasteiger partial charge in [-0.2, -0.15) is 0 Å². The molecule has 1 fully saturated rings. The van der Waals surface area contributed by atoms with Crippen molar-refractivity contribution in [2.45, 2.75) is 44.7 Å². The summed E-state index contributed by atoms with van der Waals surface area (Å²) in [6.45, 7) is 2.98. The molecule has 0 spiro atoms. The topological polar surface area (TPSA) is 107 Å². The first-order valence-electron chi connectivity index (χ1n) is 11.1. The Bertz CT molecular complexity index is 1180. The fraction of sp³-hybridized carbons (Fsp3) is 0.545. The molecule has 1 unspecified atom stereocenters. The van der Waals surface area contributed by atoms with E-state index >= 15 is 0 Å². The highest BCUT2D eigenvalue weighted by atomic mass is 16.3. The molecule has 1 atom stereocenters. The third kappa shape index (κ3) is 4.40. The van der Waals surface area contributed by atoms with E-state index in [4.69, 9.17) is 4.42 Å². The maximum atomic E-state index is 12.5. The van der Waals surface area contributed by atoms with Crippen molar-refractivity contribution in [1.82, 2.24) is 28.9 Å². The van der Waals surface area contributed by atoms with Gasteiger partial charge >= 0.3 is 5.69 Å². The van der Waals surface area contributed by atoms with E-state index in [1.165, 1.54) is 18.0 Å². The molecule has 1 aliphatic heterocycles. The van der Waals surface area contributed by atoms with E-state index in [9.17, 15) is 14.4 Å². The lowest BCUT2D eigenvalue weighted by Gasteiger charge is -2.33. The predicted octanol–water partition coefficient (Wildman–Crippen LogP) is 1.15. The molecule has 1 saturated heterocycles. The fourth-order valence-corrected chi connectivity index (χ4v) is 4.40. The van der Waals surface area contributed by atoms with Gasteiger partial charge < -0.3 is 14.3 Å². The highest BCUT2D eigenvalue weighted by Gasteiger charge is 2.24. The summed E-state index contributed by atoms with van der Waals surface area (Å²) in [7, 11) is 3.04. The molecule has 3 aromatic heterocycles. The smallest absolute Gasteiger partial charge is 0.332 e. The van der Waals surface area contributed by atoms with Crippen molar-refractivity contribution < 1.29 is 9.21 Å². The van der Waals surface area contributed by atoms with Crippen LogP contribution in [0.15, 0.2) is 38.7 Å². The quantitative estimate of drug-likeness (QED) is 0.561. The number of amides is 1. The minimum atomic E-state index is -0.410. The summed E-state index contributed by atoms with van der Waals surface area (Å²) >= 11 is 0. The van der Waals surface area contributed by atoms with Crippen molar-refractivity contribution in [3.05, 3.63) is 51.3 Å². The summed E-state index contributed by atoms with van der Waals surface area (Å²) in [6, 6.07) is 3.88. The Labute approximate surface area is 185 Å². The Kier molecular flexibility index (Phi) is 6.59. The maximum absolute atomic E-state index is 12.5. The van der Waals surface area contributed by atoms with Crippen LogP contribution in [0, 0.1) is 0 Å². The van der Waals surface area contributed by atoms with Gasteiger partial charge in [0.25, 0.3) is 5.56 Å². The minimum absolute atomic E-state index is 0.0381. The Morgan fingerprint density at radius 3 is 2.69 bits per heavy atom. The van der Waals surface area contributed by atoms with Crippen molar-refractivity contribution in [2.24, 2.45) is 14.1 Å². The van der Waals surface area contributed by atoms with Crippen LogP contribution in [-0.2, 0) is 25.4 Å². The molecule has 0 aromatic carbocycles. The average molecular weight is 443 g/mol. The van der Waals surface area contributed by atoms with Gasteiger partial charge in [-0.25, -0.2) is 9.78 Å². The monoisotopic (exact) mass is 442 g/mol. The largest absolute Gasteiger partial charge is 0.468 e. The number of aryl methyl sites for hydroxylation is 2. The van der Waals surface area contributed by atoms with Crippen LogP contribution < -0.4 is 16.6 Å². The predicted molar refractivity (Wildman–Crippen MR) is 119 cm³/mol. The number of hydrogen-bond donors (Lipinski definition) is 1. The molecule has 3 aromatic rings. The number of fused-ring (bicyclic) bond motifs is 1. The van der Waals surface area contributed by atoms with Crippen LogP contribution in [0.25, 0.3) is 11.2 Å². The van der Waals surface area contributed by atoms with Crippen LogP contribution >= 0.6 is 0 Å². The zero-order valence-electron chi connectivity index (χ0n) is 18.6. The molecule has 10 heteroatoms. The lowest BCUT2D eigenvalue weighted by atomic mass is 10.1. The third-order valence-corrected chi connectivity index (χ3v) is 6.22. The number of carbonyl (C=O) groups excluding carboxylic acids is 1. The number of imidazole rings is 1. The van der Waals surface area contributed by atoms with Crippen molar-refractivity contribution in [2.75, 3.05) is 19.6 Å². The average Bonchev–Trinajstić information content (AvgIpc) is 3.48. The fourth-order valence-electron chi connectivity index (χ4n) is 4.40. The van der Waals surface area contributed by atoms with Gasteiger partial charge in [-0.1, -0.05) is 6.42 Å².